The fraction of sp³-hybridized carbons (Fsp3) is 0.364. The monoisotopic (exact) mass is 253 g/mol. The number of rotatable bonds is 2. The van der Waals surface area contributed by atoms with E-state index in [2.05, 4.69) is 10.3 Å². The molecule has 1 aromatic heterocycles. The summed E-state index contributed by atoms with van der Waals surface area (Å²) in [6.07, 6.45) is 3.40. The minimum absolute atomic E-state index is 0.205. The van der Waals surface area contributed by atoms with Gasteiger partial charge in [-0.15, -0.1) is 0 Å². The van der Waals surface area contributed by atoms with Gasteiger partial charge in [0.05, 0.1) is 18.1 Å². The molecule has 0 aliphatic carbocycles. The van der Waals surface area contributed by atoms with Gasteiger partial charge < -0.3 is 15.3 Å². The number of carboxylic acid groups (broad SMARTS) is 1. The van der Waals surface area contributed by atoms with Crippen molar-refractivity contribution in [2.24, 2.45) is 0 Å². The van der Waals surface area contributed by atoms with E-state index in [9.17, 15) is 14.0 Å². The Balaban J connectivity index is 2.06. The number of nitrogens with zero attached hydrogens (tertiary/aromatic N) is 2. The van der Waals surface area contributed by atoms with Gasteiger partial charge >= 0.3 is 12.0 Å². The molecule has 0 saturated carbocycles. The highest BCUT2D eigenvalue weighted by molar-refractivity contribution is 5.92. The second-order valence-electron chi connectivity index (χ2n) is 4.01. The maximum atomic E-state index is 12.9. The lowest BCUT2D eigenvalue weighted by molar-refractivity contribution is -0.141. The number of nitrogens with one attached hydrogen (secondary N) is 1. The number of hydrogen-bond acceptors (Lipinski definition) is 3. The van der Waals surface area contributed by atoms with Gasteiger partial charge in [0.25, 0.3) is 0 Å². The predicted molar refractivity (Wildman–Crippen MR) is 60.6 cm³/mol. The number of urea groups is 1. The molecule has 2 heterocycles. The molecule has 1 aromatic rings. The maximum absolute atomic E-state index is 12.9. The number of anilines is 1. The maximum Gasteiger partial charge on any atom is 0.326 e. The number of halogens is 1. The van der Waals surface area contributed by atoms with Crippen LogP contribution in [0.2, 0.25) is 0 Å². The summed E-state index contributed by atoms with van der Waals surface area (Å²) in [7, 11) is 0. The van der Waals surface area contributed by atoms with Crippen molar-refractivity contribution in [2.45, 2.75) is 18.9 Å². The molecule has 1 fully saturated rings. The number of aliphatic carboxylic acids is 1. The largest absolute Gasteiger partial charge is 0.480 e. The Hall–Kier alpha value is -2.18. The van der Waals surface area contributed by atoms with Crippen LogP contribution in [-0.2, 0) is 4.79 Å². The van der Waals surface area contributed by atoms with Crippen LogP contribution in [0.4, 0.5) is 14.9 Å². The minimum atomic E-state index is -1.03. The van der Waals surface area contributed by atoms with Crippen molar-refractivity contribution in [2.75, 3.05) is 11.9 Å². The van der Waals surface area contributed by atoms with E-state index in [1.165, 1.54) is 11.1 Å². The van der Waals surface area contributed by atoms with Gasteiger partial charge in [0.2, 0.25) is 0 Å². The van der Waals surface area contributed by atoms with E-state index >= 15 is 0 Å². The SMILES string of the molecule is O=C(O)C1CCCN1C(=O)Nc1cncc(F)c1. The molecular formula is C11H12FN3O3. The summed E-state index contributed by atoms with van der Waals surface area (Å²) in [5.41, 5.74) is 0.205. The summed E-state index contributed by atoms with van der Waals surface area (Å²) in [4.78, 5) is 27.6. The smallest absolute Gasteiger partial charge is 0.326 e. The zero-order chi connectivity index (χ0) is 13.1. The fourth-order valence-corrected chi connectivity index (χ4v) is 1.94. The standard InChI is InChI=1S/C11H12FN3O3/c12-7-4-8(6-13-5-7)14-11(18)15-3-1-2-9(15)10(16)17/h4-6,9H,1-3H2,(H,14,18)(H,16,17). The van der Waals surface area contributed by atoms with E-state index in [1.54, 1.807) is 0 Å². The van der Waals surface area contributed by atoms with Crippen LogP contribution in [0, 0.1) is 5.82 Å². The molecule has 2 N–H and O–H groups in total. The molecule has 0 spiro atoms. The zero-order valence-electron chi connectivity index (χ0n) is 9.47. The van der Waals surface area contributed by atoms with Crippen LogP contribution in [0.15, 0.2) is 18.5 Å². The second kappa shape index (κ2) is 4.99. The van der Waals surface area contributed by atoms with E-state index in [0.29, 0.717) is 19.4 Å². The highest BCUT2D eigenvalue weighted by atomic mass is 19.1. The number of hydrogen-bond donors (Lipinski definition) is 2. The van der Waals surface area contributed by atoms with Crippen molar-refractivity contribution >= 4 is 17.7 Å². The summed E-state index contributed by atoms with van der Waals surface area (Å²) in [5, 5.41) is 11.4. The Morgan fingerprint density at radius 3 is 2.94 bits per heavy atom. The molecule has 18 heavy (non-hydrogen) atoms. The quantitative estimate of drug-likeness (QED) is 0.832. The molecule has 2 rings (SSSR count). The number of carboxylic acids is 1. The zero-order valence-corrected chi connectivity index (χ0v) is 9.47. The highest BCUT2D eigenvalue weighted by Gasteiger charge is 2.33. The Morgan fingerprint density at radius 2 is 2.28 bits per heavy atom. The van der Waals surface area contributed by atoms with E-state index in [0.717, 1.165) is 12.3 Å². The van der Waals surface area contributed by atoms with Crippen molar-refractivity contribution < 1.29 is 19.1 Å². The molecule has 0 radical (unpaired) electrons. The Bertz CT molecular complexity index is 480. The molecule has 1 atom stereocenters. The lowest BCUT2D eigenvalue weighted by atomic mass is 10.2. The van der Waals surface area contributed by atoms with Crippen molar-refractivity contribution in [3.8, 4) is 0 Å². The summed E-state index contributed by atoms with van der Waals surface area (Å²) in [6, 6.07) is -0.240. The van der Waals surface area contributed by atoms with E-state index in [1.807, 2.05) is 0 Å². The number of pyridine rings is 1. The number of likely N-dealkylation sites (tertiary alicyclic amines) is 1. The minimum Gasteiger partial charge on any atom is -0.480 e. The number of carbonyl (C=O) groups excluding carboxylic acids is 1. The summed E-state index contributed by atoms with van der Waals surface area (Å²) in [6.45, 7) is 0.381. The second-order valence-corrected chi connectivity index (χ2v) is 4.01. The topological polar surface area (TPSA) is 82.5 Å². The van der Waals surface area contributed by atoms with Gasteiger partial charge in [-0.1, -0.05) is 0 Å². The molecule has 7 heteroatoms. The first-order chi connectivity index (χ1) is 8.58. The first kappa shape index (κ1) is 12.3. The summed E-state index contributed by atoms with van der Waals surface area (Å²) < 4.78 is 12.9. The van der Waals surface area contributed by atoms with Crippen LogP contribution < -0.4 is 5.32 Å². The molecule has 0 bridgehead atoms. The predicted octanol–water partition coefficient (Wildman–Crippen LogP) is 1.30. The number of carbonyl (C=O) groups is 2. The summed E-state index contributed by atoms with van der Waals surface area (Å²) >= 11 is 0. The molecule has 0 aromatic carbocycles. The average molecular weight is 253 g/mol. The van der Waals surface area contributed by atoms with Gasteiger partial charge in [-0.05, 0) is 12.8 Å². The van der Waals surface area contributed by atoms with Gasteiger partial charge in [0.1, 0.15) is 11.9 Å². The van der Waals surface area contributed by atoms with Crippen LogP contribution in [0.25, 0.3) is 0 Å². The highest BCUT2D eigenvalue weighted by Crippen LogP contribution is 2.19. The number of amides is 2. The number of aromatic nitrogens is 1. The fourth-order valence-electron chi connectivity index (χ4n) is 1.94. The van der Waals surface area contributed by atoms with E-state index in [4.69, 9.17) is 5.11 Å². The third-order valence-corrected chi connectivity index (χ3v) is 2.75. The van der Waals surface area contributed by atoms with Crippen molar-refractivity contribution in [3.05, 3.63) is 24.3 Å². The Morgan fingerprint density at radius 1 is 1.50 bits per heavy atom. The first-order valence-electron chi connectivity index (χ1n) is 5.49. The molecule has 6 nitrogen and oxygen atoms in total. The van der Waals surface area contributed by atoms with Crippen molar-refractivity contribution in [3.63, 3.8) is 0 Å². The molecule has 1 saturated heterocycles. The molecular weight excluding hydrogens is 241 g/mol. The van der Waals surface area contributed by atoms with E-state index < -0.39 is 23.9 Å². The van der Waals surface area contributed by atoms with Gasteiger partial charge in [0, 0.05) is 12.6 Å². The average Bonchev–Trinajstić information content (AvgIpc) is 2.77. The van der Waals surface area contributed by atoms with Gasteiger partial charge in [-0.2, -0.15) is 0 Å². The molecule has 1 aliphatic rings. The Kier molecular flexibility index (Phi) is 3.40. The molecule has 2 amide bonds. The normalized spacial score (nSPS) is 18.7. The molecule has 96 valence electrons. The molecule has 1 unspecified atom stereocenters. The van der Waals surface area contributed by atoms with Gasteiger partial charge in [-0.3, -0.25) is 4.98 Å². The first-order valence-corrected chi connectivity index (χ1v) is 5.49. The summed E-state index contributed by atoms with van der Waals surface area (Å²) in [5.74, 6) is -1.59. The third-order valence-electron chi connectivity index (χ3n) is 2.75. The van der Waals surface area contributed by atoms with Crippen LogP contribution in [0.1, 0.15) is 12.8 Å². The third kappa shape index (κ3) is 2.55. The van der Waals surface area contributed by atoms with Crippen molar-refractivity contribution in [1.29, 1.82) is 0 Å². The Labute approximate surface area is 102 Å². The van der Waals surface area contributed by atoms with Crippen LogP contribution in [0.3, 0.4) is 0 Å². The van der Waals surface area contributed by atoms with Gasteiger partial charge in [0.15, 0.2) is 0 Å². The lowest BCUT2D eigenvalue weighted by Crippen LogP contribution is -2.42. The van der Waals surface area contributed by atoms with Crippen LogP contribution in [0.5, 0.6) is 0 Å². The molecule has 1 aliphatic heterocycles. The van der Waals surface area contributed by atoms with Gasteiger partial charge in [-0.25, -0.2) is 14.0 Å². The van der Waals surface area contributed by atoms with Crippen LogP contribution in [-0.4, -0.2) is 39.6 Å². The van der Waals surface area contributed by atoms with E-state index in [-0.39, 0.29) is 5.69 Å². The van der Waals surface area contributed by atoms with Crippen molar-refractivity contribution in [1.82, 2.24) is 9.88 Å². The van der Waals surface area contributed by atoms with Crippen LogP contribution >= 0.6 is 0 Å². The lowest BCUT2D eigenvalue weighted by Gasteiger charge is -2.21.